The first-order valence-corrected chi connectivity index (χ1v) is 5.62. The maximum Gasteiger partial charge on any atom is 0.232 e. The Labute approximate surface area is 81.3 Å². The molecule has 0 amide bonds. The maximum atomic E-state index is 5.91. The maximum absolute atomic E-state index is 5.91. The van der Waals surface area contributed by atoms with E-state index >= 15 is 0 Å². The van der Waals surface area contributed by atoms with Crippen molar-refractivity contribution in [3.63, 3.8) is 0 Å². The van der Waals surface area contributed by atoms with Crippen molar-refractivity contribution < 1.29 is 4.52 Å². The van der Waals surface area contributed by atoms with E-state index in [9.17, 15) is 0 Å². The average Bonchev–Trinajstić information content (AvgIpc) is 2.71. The quantitative estimate of drug-likeness (QED) is 0.763. The third-order valence-electron chi connectivity index (χ3n) is 2.24. The summed E-state index contributed by atoms with van der Waals surface area (Å²) in [6.45, 7) is 2.01. The fraction of sp³-hybridized carbons (Fsp3) is 0.750. The van der Waals surface area contributed by atoms with E-state index in [2.05, 4.69) is 10.1 Å². The van der Waals surface area contributed by atoms with E-state index in [1.165, 1.54) is 0 Å². The molecule has 2 atom stereocenters. The Morgan fingerprint density at radius 1 is 1.62 bits per heavy atom. The molecule has 1 aromatic heterocycles. The lowest BCUT2D eigenvalue weighted by atomic mass is 10.1. The first-order valence-electron chi connectivity index (χ1n) is 4.47. The smallest absolute Gasteiger partial charge is 0.232 e. The van der Waals surface area contributed by atoms with Crippen LogP contribution in [0, 0.1) is 0 Å². The Hall–Kier alpha value is -0.550. The van der Waals surface area contributed by atoms with Crippen LogP contribution in [0.5, 0.6) is 0 Å². The molecule has 1 aliphatic heterocycles. The number of rotatable bonds is 2. The molecule has 13 heavy (non-hydrogen) atoms. The Morgan fingerprint density at radius 2 is 2.46 bits per heavy atom. The van der Waals surface area contributed by atoms with E-state index in [-0.39, 0.29) is 12.0 Å². The Bertz CT molecular complexity index is 289. The number of aromatic nitrogens is 2. The van der Waals surface area contributed by atoms with Gasteiger partial charge in [-0.25, -0.2) is 0 Å². The van der Waals surface area contributed by atoms with Crippen LogP contribution in [0.1, 0.15) is 24.6 Å². The van der Waals surface area contributed by atoms with E-state index in [1.807, 2.05) is 18.7 Å². The van der Waals surface area contributed by atoms with Gasteiger partial charge in [0.05, 0.1) is 5.92 Å². The zero-order valence-corrected chi connectivity index (χ0v) is 8.38. The summed E-state index contributed by atoms with van der Waals surface area (Å²) in [6, 6.07) is 0.176. The molecule has 0 aromatic carbocycles. The summed E-state index contributed by atoms with van der Waals surface area (Å²) in [5, 5.41) is 3.86. The standard InChI is InChI=1S/C8H13N3OS/c1-2-7-10-8(12-11-7)5-3-13-4-6(5)9/h5-6H,2-4,9H2,1H3. The summed E-state index contributed by atoms with van der Waals surface area (Å²) in [4.78, 5) is 4.29. The van der Waals surface area contributed by atoms with Crippen LogP contribution in [-0.4, -0.2) is 27.7 Å². The second-order valence-corrected chi connectivity index (χ2v) is 4.29. The second kappa shape index (κ2) is 3.67. The molecule has 2 N–H and O–H groups in total. The minimum atomic E-state index is 0.176. The van der Waals surface area contributed by atoms with Crippen LogP contribution in [0.15, 0.2) is 4.52 Å². The van der Waals surface area contributed by atoms with Crippen molar-refractivity contribution >= 4 is 11.8 Å². The third-order valence-corrected chi connectivity index (χ3v) is 3.46. The molecule has 72 valence electrons. The van der Waals surface area contributed by atoms with Gasteiger partial charge in [0.25, 0.3) is 0 Å². The highest BCUT2D eigenvalue weighted by Gasteiger charge is 2.30. The van der Waals surface area contributed by atoms with Gasteiger partial charge < -0.3 is 10.3 Å². The molecule has 5 heteroatoms. The Kier molecular flexibility index (Phi) is 2.55. The molecule has 0 radical (unpaired) electrons. The number of aryl methyl sites for hydroxylation is 1. The topological polar surface area (TPSA) is 64.9 Å². The molecule has 4 nitrogen and oxygen atoms in total. The van der Waals surface area contributed by atoms with Crippen LogP contribution in [0.3, 0.4) is 0 Å². The summed E-state index contributed by atoms with van der Waals surface area (Å²) in [5.41, 5.74) is 5.91. The second-order valence-electron chi connectivity index (χ2n) is 3.21. The van der Waals surface area contributed by atoms with Gasteiger partial charge in [-0.3, -0.25) is 0 Å². The van der Waals surface area contributed by atoms with Crippen LogP contribution < -0.4 is 5.73 Å². The summed E-state index contributed by atoms with van der Waals surface area (Å²) in [7, 11) is 0. The van der Waals surface area contributed by atoms with Crippen molar-refractivity contribution in [2.24, 2.45) is 5.73 Å². The normalized spacial score (nSPS) is 28.2. The molecule has 0 aliphatic carbocycles. The predicted molar refractivity (Wildman–Crippen MR) is 51.7 cm³/mol. The highest BCUT2D eigenvalue weighted by molar-refractivity contribution is 7.99. The van der Waals surface area contributed by atoms with Crippen LogP contribution in [0.4, 0.5) is 0 Å². The van der Waals surface area contributed by atoms with Crippen molar-refractivity contribution in [3.8, 4) is 0 Å². The van der Waals surface area contributed by atoms with E-state index in [0.717, 1.165) is 23.8 Å². The van der Waals surface area contributed by atoms with Gasteiger partial charge in [0.15, 0.2) is 5.82 Å². The van der Waals surface area contributed by atoms with Crippen molar-refractivity contribution in [1.82, 2.24) is 10.1 Å². The summed E-state index contributed by atoms with van der Waals surface area (Å²) in [6.07, 6.45) is 0.818. The molecule has 1 aromatic rings. The molecule has 0 spiro atoms. The molecule has 0 bridgehead atoms. The zero-order valence-electron chi connectivity index (χ0n) is 7.56. The lowest BCUT2D eigenvalue weighted by Gasteiger charge is -2.07. The van der Waals surface area contributed by atoms with Gasteiger partial charge in [-0.2, -0.15) is 16.7 Å². The van der Waals surface area contributed by atoms with Gasteiger partial charge >= 0.3 is 0 Å². The first-order chi connectivity index (χ1) is 6.31. The fourth-order valence-electron chi connectivity index (χ4n) is 1.39. The van der Waals surface area contributed by atoms with Crippen LogP contribution in [-0.2, 0) is 6.42 Å². The largest absolute Gasteiger partial charge is 0.339 e. The van der Waals surface area contributed by atoms with Crippen molar-refractivity contribution in [2.75, 3.05) is 11.5 Å². The molecule has 1 saturated heterocycles. The lowest BCUT2D eigenvalue weighted by Crippen LogP contribution is -2.26. The van der Waals surface area contributed by atoms with Crippen LogP contribution >= 0.6 is 11.8 Å². The number of hydrogen-bond acceptors (Lipinski definition) is 5. The highest BCUT2D eigenvalue weighted by Crippen LogP contribution is 2.30. The average molecular weight is 199 g/mol. The number of hydrogen-bond donors (Lipinski definition) is 1. The summed E-state index contributed by atoms with van der Waals surface area (Å²) >= 11 is 1.85. The van der Waals surface area contributed by atoms with E-state index in [0.29, 0.717) is 5.89 Å². The molecule has 2 unspecified atom stereocenters. The van der Waals surface area contributed by atoms with Gasteiger partial charge in [-0.05, 0) is 0 Å². The third kappa shape index (κ3) is 1.71. The monoisotopic (exact) mass is 199 g/mol. The lowest BCUT2D eigenvalue weighted by molar-refractivity contribution is 0.349. The summed E-state index contributed by atoms with van der Waals surface area (Å²) in [5.74, 6) is 3.76. The van der Waals surface area contributed by atoms with Gasteiger partial charge in [0.1, 0.15) is 0 Å². The molecule has 1 aliphatic rings. The van der Waals surface area contributed by atoms with Gasteiger partial charge in [-0.15, -0.1) is 0 Å². The van der Waals surface area contributed by atoms with E-state index in [1.54, 1.807) is 0 Å². The molecule has 2 rings (SSSR count). The Morgan fingerprint density at radius 3 is 3.00 bits per heavy atom. The van der Waals surface area contributed by atoms with Gasteiger partial charge in [0.2, 0.25) is 5.89 Å². The molecule has 1 fully saturated rings. The van der Waals surface area contributed by atoms with Crippen molar-refractivity contribution in [1.29, 1.82) is 0 Å². The number of nitrogens with zero attached hydrogens (tertiary/aromatic N) is 2. The molecule has 2 heterocycles. The minimum absolute atomic E-state index is 0.176. The molecular weight excluding hydrogens is 186 g/mol. The van der Waals surface area contributed by atoms with Crippen LogP contribution in [0.25, 0.3) is 0 Å². The minimum Gasteiger partial charge on any atom is -0.339 e. The molecule has 0 saturated carbocycles. The SMILES string of the molecule is CCc1noc(C2CSCC2N)n1. The zero-order chi connectivity index (χ0) is 9.26. The highest BCUT2D eigenvalue weighted by atomic mass is 32.2. The number of nitrogens with two attached hydrogens (primary N) is 1. The predicted octanol–water partition coefficient (Wildman–Crippen LogP) is 0.790. The number of thioether (sulfide) groups is 1. The fourth-order valence-corrected chi connectivity index (χ4v) is 2.67. The van der Waals surface area contributed by atoms with Crippen LogP contribution in [0.2, 0.25) is 0 Å². The Balaban J connectivity index is 2.15. The van der Waals surface area contributed by atoms with Gasteiger partial charge in [0, 0.05) is 24.0 Å². The van der Waals surface area contributed by atoms with E-state index in [4.69, 9.17) is 10.3 Å². The van der Waals surface area contributed by atoms with Gasteiger partial charge in [-0.1, -0.05) is 12.1 Å². The first kappa shape index (κ1) is 9.02. The van der Waals surface area contributed by atoms with E-state index < -0.39 is 0 Å². The van der Waals surface area contributed by atoms with Crippen molar-refractivity contribution in [3.05, 3.63) is 11.7 Å². The molecular formula is C8H13N3OS. The van der Waals surface area contributed by atoms with Crippen molar-refractivity contribution in [2.45, 2.75) is 25.3 Å². The summed E-state index contributed by atoms with van der Waals surface area (Å²) < 4.78 is 5.16.